The van der Waals surface area contributed by atoms with E-state index in [1.165, 1.54) is 38.5 Å². The van der Waals surface area contributed by atoms with E-state index < -0.39 is 24.4 Å². The van der Waals surface area contributed by atoms with Crippen molar-refractivity contribution in [3.05, 3.63) is 38.0 Å². The standard InChI is InChI=1S/C33H62N3O6/c1-4-13-34(16-7-8-17-34)22-30(37)25-40-28-33(42-27-32(39)24-36(15-6-3)20-11-12-21-36)29-41-26-31(38)23-35(14-5-2)18-9-10-19-35/h4-6,30-33,37-39H,1-3,7-29H2/q+3. The molecule has 42 heavy (non-hydrogen) atoms. The van der Waals surface area contributed by atoms with Gasteiger partial charge in [0.1, 0.15) is 44.1 Å². The summed E-state index contributed by atoms with van der Waals surface area (Å²) in [6.07, 6.45) is 10.8. The predicted molar refractivity (Wildman–Crippen MR) is 167 cm³/mol. The van der Waals surface area contributed by atoms with Crippen LogP contribution in [0.4, 0.5) is 0 Å². The van der Waals surface area contributed by atoms with E-state index in [9.17, 15) is 15.3 Å². The molecule has 9 heteroatoms. The number of ether oxygens (including phenoxy) is 3. The summed E-state index contributed by atoms with van der Waals surface area (Å²) in [5.41, 5.74) is 0. The largest absolute Gasteiger partial charge is 0.385 e. The van der Waals surface area contributed by atoms with Crippen molar-refractivity contribution in [3.63, 3.8) is 0 Å². The Morgan fingerprint density at radius 1 is 0.500 bits per heavy atom. The average Bonchev–Trinajstić information content (AvgIpc) is 3.70. The van der Waals surface area contributed by atoms with Crippen LogP contribution in [0.3, 0.4) is 0 Å². The molecule has 0 aromatic carbocycles. The minimum Gasteiger partial charge on any atom is -0.385 e. The fraction of sp³-hybridized carbons (Fsp3) is 0.818. The maximum atomic E-state index is 10.9. The van der Waals surface area contributed by atoms with Gasteiger partial charge in [0, 0.05) is 38.5 Å². The molecule has 3 rings (SSSR count). The minimum atomic E-state index is -0.599. The van der Waals surface area contributed by atoms with Gasteiger partial charge in [-0.15, -0.1) is 0 Å². The van der Waals surface area contributed by atoms with Gasteiger partial charge in [-0.2, -0.15) is 0 Å². The Morgan fingerprint density at radius 2 is 0.810 bits per heavy atom. The zero-order valence-corrected chi connectivity index (χ0v) is 26.3. The average molecular weight is 597 g/mol. The molecule has 0 spiro atoms. The first-order valence-corrected chi connectivity index (χ1v) is 16.5. The predicted octanol–water partition coefficient (Wildman–Crippen LogP) is 1.88. The van der Waals surface area contributed by atoms with Crippen molar-refractivity contribution in [2.45, 2.75) is 62.9 Å². The lowest BCUT2D eigenvalue weighted by atomic mass is 10.2. The molecule has 0 bridgehead atoms. The molecule has 242 valence electrons. The molecule has 0 radical (unpaired) electrons. The van der Waals surface area contributed by atoms with Crippen molar-refractivity contribution in [2.75, 3.05) is 112 Å². The topological polar surface area (TPSA) is 88.4 Å². The zero-order valence-electron chi connectivity index (χ0n) is 26.3. The van der Waals surface area contributed by atoms with Crippen molar-refractivity contribution in [1.29, 1.82) is 0 Å². The Bertz CT molecular complexity index is 749. The third-order valence-corrected chi connectivity index (χ3v) is 9.64. The van der Waals surface area contributed by atoms with Crippen molar-refractivity contribution < 1.29 is 43.0 Å². The highest BCUT2D eigenvalue weighted by atomic mass is 16.6. The van der Waals surface area contributed by atoms with Gasteiger partial charge in [-0.25, -0.2) is 0 Å². The highest BCUT2D eigenvalue weighted by Gasteiger charge is 2.35. The Labute approximate surface area is 255 Å². The summed E-state index contributed by atoms with van der Waals surface area (Å²) in [5, 5.41) is 32.5. The van der Waals surface area contributed by atoms with E-state index in [1.54, 1.807) is 0 Å². The van der Waals surface area contributed by atoms with Crippen LogP contribution in [0, 0.1) is 0 Å². The second-order valence-corrected chi connectivity index (χ2v) is 13.4. The van der Waals surface area contributed by atoms with Crippen molar-refractivity contribution in [1.82, 2.24) is 0 Å². The summed E-state index contributed by atoms with van der Waals surface area (Å²) in [6, 6.07) is 0. The monoisotopic (exact) mass is 596 g/mol. The first kappa shape index (κ1) is 35.3. The maximum Gasteiger partial charge on any atom is 0.126 e. The van der Waals surface area contributed by atoms with Crippen LogP contribution < -0.4 is 0 Å². The van der Waals surface area contributed by atoms with E-state index in [4.69, 9.17) is 14.2 Å². The summed E-state index contributed by atoms with van der Waals surface area (Å²) in [7, 11) is 0. The van der Waals surface area contributed by atoms with E-state index in [1.807, 2.05) is 18.2 Å². The summed E-state index contributed by atoms with van der Waals surface area (Å²) in [4.78, 5) is 0. The number of likely N-dealkylation sites (tertiary alicyclic amines) is 3. The van der Waals surface area contributed by atoms with Crippen LogP contribution in [0.1, 0.15) is 38.5 Å². The highest BCUT2D eigenvalue weighted by molar-refractivity contribution is 4.73. The molecule has 9 nitrogen and oxygen atoms in total. The normalized spacial score (nSPS) is 23.8. The van der Waals surface area contributed by atoms with Gasteiger partial charge in [0.15, 0.2) is 0 Å². The Balaban J connectivity index is 1.49. The fourth-order valence-corrected chi connectivity index (χ4v) is 7.72. The van der Waals surface area contributed by atoms with Gasteiger partial charge in [0.2, 0.25) is 0 Å². The van der Waals surface area contributed by atoms with Crippen molar-refractivity contribution in [2.24, 2.45) is 0 Å². The SMILES string of the molecule is C=CC[N+]1(CC(O)COCC(COCC(O)C[N+]2(CC=C)CCCC2)OCC(O)C[N+]2(CC=C)CCCC2)CCCC1. The molecule has 3 atom stereocenters. The van der Waals surface area contributed by atoms with Crippen LogP contribution >= 0.6 is 0 Å². The maximum absolute atomic E-state index is 10.9. The third-order valence-electron chi connectivity index (χ3n) is 9.64. The fourth-order valence-electron chi connectivity index (χ4n) is 7.72. The lowest BCUT2D eigenvalue weighted by Crippen LogP contribution is -2.51. The number of hydrogen-bond donors (Lipinski definition) is 3. The van der Waals surface area contributed by atoms with Gasteiger partial charge < -0.3 is 43.0 Å². The smallest absolute Gasteiger partial charge is 0.126 e. The number of rotatable bonds is 23. The van der Waals surface area contributed by atoms with Crippen LogP contribution in [0.15, 0.2) is 38.0 Å². The Hall–Kier alpha value is -1.14. The lowest BCUT2D eigenvalue weighted by Gasteiger charge is -2.35. The van der Waals surface area contributed by atoms with E-state index in [0.29, 0.717) is 19.6 Å². The summed E-state index contributed by atoms with van der Waals surface area (Å²) in [5.74, 6) is 0. The molecule has 0 aliphatic carbocycles. The molecule has 3 saturated heterocycles. The van der Waals surface area contributed by atoms with Crippen LogP contribution in [0.5, 0.6) is 0 Å². The van der Waals surface area contributed by atoms with E-state index in [2.05, 4.69) is 19.7 Å². The summed E-state index contributed by atoms with van der Waals surface area (Å²) < 4.78 is 20.7. The molecular weight excluding hydrogens is 534 g/mol. The Kier molecular flexibility index (Phi) is 15.1. The van der Waals surface area contributed by atoms with Gasteiger partial charge in [-0.3, -0.25) is 0 Å². The Morgan fingerprint density at radius 3 is 1.12 bits per heavy atom. The number of nitrogens with zero attached hydrogens (tertiary/aromatic N) is 3. The first-order chi connectivity index (χ1) is 20.3. The van der Waals surface area contributed by atoms with Crippen molar-refractivity contribution in [3.8, 4) is 0 Å². The highest BCUT2D eigenvalue weighted by Crippen LogP contribution is 2.22. The van der Waals surface area contributed by atoms with Crippen molar-refractivity contribution >= 4 is 0 Å². The minimum absolute atomic E-state index is 0.193. The molecule has 3 N–H and O–H groups in total. The number of aliphatic hydroxyl groups excluding tert-OH is 3. The van der Waals surface area contributed by atoms with Crippen LogP contribution in [0.2, 0.25) is 0 Å². The molecule has 3 aliphatic rings. The summed E-state index contributed by atoms with van der Waals surface area (Å²) >= 11 is 0. The molecule has 3 aliphatic heterocycles. The number of quaternary nitrogens is 3. The molecule has 0 saturated carbocycles. The number of hydrogen-bond acceptors (Lipinski definition) is 6. The molecule has 0 aromatic rings. The van der Waals surface area contributed by atoms with Gasteiger partial charge >= 0.3 is 0 Å². The molecule has 0 aromatic heterocycles. The zero-order chi connectivity index (χ0) is 30.3. The van der Waals surface area contributed by atoms with Gasteiger partial charge in [-0.1, -0.05) is 19.7 Å². The molecule has 3 heterocycles. The quantitative estimate of drug-likeness (QED) is 0.123. The lowest BCUT2D eigenvalue weighted by molar-refractivity contribution is -0.914. The number of aliphatic hydroxyl groups is 3. The van der Waals surface area contributed by atoms with Gasteiger partial charge in [-0.05, 0) is 18.2 Å². The molecule has 3 unspecified atom stereocenters. The van der Waals surface area contributed by atoms with Crippen LogP contribution in [0.25, 0.3) is 0 Å². The second kappa shape index (κ2) is 18.0. The van der Waals surface area contributed by atoms with E-state index >= 15 is 0 Å². The molecule has 3 fully saturated rings. The summed E-state index contributed by atoms with van der Waals surface area (Å²) in [6.45, 7) is 23.9. The van der Waals surface area contributed by atoms with E-state index in [0.717, 1.165) is 72.4 Å². The van der Waals surface area contributed by atoms with Crippen LogP contribution in [-0.2, 0) is 14.2 Å². The van der Waals surface area contributed by atoms with Gasteiger partial charge in [0.25, 0.3) is 0 Å². The van der Waals surface area contributed by atoms with E-state index in [-0.39, 0.29) is 33.0 Å². The molecular formula is C33H62N3O6+3. The van der Waals surface area contributed by atoms with Gasteiger partial charge in [0.05, 0.1) is 91.9 Å². The third kappa shape index (κ3) is 11.4. The second-order valence-electron chi connectivity index (χ2n) is 13.4. The molecule has 0 amide bonds. The van der Waals surface area contributed by atoms with Crippen LogP contribution in [-0.4, -0.2) is 165 Å². The first-order valence-electron chi connectivity index (χ1n) is 16.5.